The van der Waals surface area contributed by atoms with Gasteiger partial charge in [0, 0.05) is 30.1 Å². The van der Waals surface area contributed by atoms with Gasteiger partial charge < -0.3 is 9.36 Å². The van der Waals surface area contributed by atoms with E-state index in [1.807, 2.05) is 30.3 Å². The van der Waals surface area contributed by atoms with Crippen LogP contribution in [0, 0.1) is 0 Å². The Morgan fingerprint density at radius 3 is 2.47 bits per heavy atom. The lowest BCUT2D eigenvalue weighted by Crippen LogP contribution is -1.97. The summed E-state index contributed by atoms with van der Waals surface area (Å²) in [5, 5.41) is 1.17. The van der Waals surface area contributed by atoms with Crippen LogP contribution in [0.3, 0.4) is 0 Å². The van der Waals surface area contributed by atoms with Crippen molar-refractivity contribution >= 4 is 17.2 Å². The molecule has 0 amide bonds. The maximum absolute atomic E-state index is 10.8. The van der Waals surface area contributed by atoms with Crippen LogP contribution in [0.5, 0.6) is 0 Å². The molecule has 19 heavy (non-hydrogen) atoms. The third-order valence-corrected chi connectivity index (χ3v) is 3.37. The second kappa shape index (κ2) is 5.11. The van der Waals surface area contributed by atoms with Crippen molar-refractivity contribution in [2.75, 3.05) is 0 Å². The molecule has 0 radical (unpaired) electrons. The maximum atomic E-state index is 10.8. The van der Waals surface area contributed by atoms with Gasteiger partial charge in [-0.1, -0.05) is 48.5 Å². The SMILES string of the molecule is O=CCc1cn(Cc2ccccc2)c2ccccc12. The van der Waals surface area contributed by atoms with Crippen LogP contribution in [0.25, 0.3) is 10.9 Å². The smallest absolute Gasteiger partial charge is 0.124 e. The number of carbonyl (C=O) groups excluding carboxylic acids is 1. The summed E-state index contributed by atoms with van der Waals surface area (Å²) in [5.41, 5.74) is 3.55. The first kappa shape index (κ1) is 11.7. The Kier molecular flexibility index (Phi) is 3.15. The molecule has 2 nitrogen and oxygen atoms in total. The zero-order chi connectivity index (χ0) is 13.1. The fourth-order valence-corrected chi connectivity index (χ4v) is 2.49. The van der Waals surface area contributed by atoms with Crippen molar-refractivity contribution in [3.63, 3.8) is 0 Å². The van der Waals surface area contributed by atoms with Gasteiger partial charge >= 0.3 is 0 Å². The average molecular weight is 249 g/mol. The van der Waals surface area contributed by atoms with Gasteiger partial charge in [0.2, 0.25) is 0 Å². The van der Waals surface area contributed by atoms with E-state index in [9.17, 15) is 4.79 Å². The van der Waals surface area contributed by atoms with Crippen molar-refractivity contribution in [3.05, 3.63) is 71.9 Å². The van der Waals surface area contributed by atoms with E-state index in [1.54, 1.807) is 0 Å². The highest BCUT2D eigenvalue weighted by Gasteiger charge is 2.07. The third kappa shape index (κ3) is 2.29. The van der Waals surface area contributed by atoms with E-state index in [2.05, 4.69) is 35.0 Å². The molecule has 0 bridgehead atoms. The zero-order valence-electron chi connectivity index (χ0n) is 10.6. The Hall–Kier alpha value is -2.35. The predicted molar refractivity (Wildman–Crippen MR) is 77.3 cm³/mol. The molecule has 2 heteroatoms. The van der Waals surface area contributed by atoms with Gasteiger partial charge in [-0.2, -0.15) is 0 Å². The average Bonchev–Trinajstić information content (AvgIpc) is 2.79. The number of rotatable bonds is 4. The predicted octanol–water partition coefficient (Wildman–Crippen LogP) is 3.43. The molecular formula is C17H15NO. The molecule has 3 aromatic rings. The Morgan fingerprint density at radius 2 is 1.68 bits per heavy atom. The first-order chi connectivity index (χ1) is 9.38. The molecule has 2 aromatic carbocycles. The molecule has 1 aromatic heterocycles. The number of aldehydes is 1. The largest absolute Gasteiger partial charge is 0.343 e. The maximum Gasteiger partial charge on any atom is 0.124 e. The molecule has 0 saturated heterocycles. The highest BCUT2D eigenvalue weighted by molar-refractivity contribution is 5.85. The van der Waals surface area contributed by atoms with E-state index < -0.39 is 0 Å². The molecule has 3 rings (SSSR count). The number of hydrogen-bond donors (Lipinski definition) is 0. The topological polar surface area (TPSA) is 22.0 Å². The van der Waals surface area contributed by atoms with Gasteiger partial charge in [0.25, 0.3) is 0 Å². The first-order valence-electron chi connectivity index (χ1n) is 6.43. The lowest BCUT2D eigenvalue weighted by Gasteiger charge is -2.05. The minimum absolute atomic E-state index is 0.475. The van der Waals surface area contributed by atoms with E-state index in [0.29, 0.717) is 6.42 Å². The summed E-state index contributed by atoms with van der Waals surface area (Å²) < 4.78 is 2.21. The Balaban J connectivity index is 2.06. The van der Waals surface area contributed by atoms with Crippen molar-refractivity contribution in [1.29, 1.82) is 0 Å². The van der Waals surface area contributed by atoms with E-state index in [4.69, 9.17) is 0 Å². The number of nitrogens with zero attached hydrogens (tertiary/aromatic N) is 1. The second-order valence-corrected chi connectivity index (χ2v) is 4.66. The van der Waals surface area contributed by atoms with E-state index in [1.165, 1.54) is 16.5 Å². The van der Waals surface area contributed by atoms with Gasteiger partial charge in [-0.15, -0.1) is 0 Å². The molecule has 0 aliphatic carbocycles. The summed E-state index contributed by atoms with van der Waals surface area (Å²) in [6.07, 6.45) is 3.53. The summed E-state index contributed by atoms with van der Waals surface area (Å²) in [4.78, 5) is 10.8. The van der Waals surface area contributed by atoms with Gasteiger partial charge in [0.05, 0.1) is 0 Å². The second-order valence-electron chi connectivity index (χ2n) is 4.66. The van der Waals surface area contributed by atoms with Gasteiger partial charge in [-0.3, -0.25) is 0 Å². The van der Waals surface area contributed by atoms with Gasteiger partial charge in [0.1, 0.15) is 6.29 Å². The van der Waals surface area contributed by atoms with Crippen LogP contribution in [0.2, 0.25) is 0 Å². The highest BCUT2D eigenvalue weighted by atomic mass is 16.1. The number of benzene rings is 2. The molecule has 0 spiro atoms. The number of fused-ring (bicyclic) bond motifs is 1. The number of para-hydroxylation sites is 1. The summed E-state index contributed by atoms with van der Waals surface area (Å²) in [6.45, 7) is 0.834. The lowest BCUT2D eigenvalue weighted by molar-refractivity contribution is -0.107. The van der Waals surface area contributed by atoms with Gasteiger partial charge in [-0.25, -0.2) is 0 Å². The molecule has 0 N–H and O–H groups in total. The Bertz CT molecular complexity index is 698. The summed E-state index contributed by atoms with van der Waals surface area (Å²) in [5.74, 6) is 0. The van der Waals surface area contributed by atoms with Crippen LogP contribution < -0.4 is 0 Å². The number of aromatic nitrogens is 1. The Labute approximate surface area is 112 Å². The standard InChI is InChI=1S/C17H15NO/c19-11-10-15-13-18(12-14-6-2-1-3-7-14)17-9-5-4-8-16(15)17/h1-9,11,13H,10,12H2. The van der Waals surface area contributed by atoms with Crippen LogP contribution in [-0.4, -0.2) is 10.9 Å². The molecule has 1 heterocycles. The van der Waals surface area contributed by atoms with Crippen molar-refractivity contribution < 1.29 is 4.79 Å². The van der Waals surface area contributed by atoms with E-state index in [0.717, 1.165) is 18.4 Å². The minimum atomic E-state index is 0.475. The van der Waals surface area contributed by atoms with Crippen LogP contribution in [0.4, 0.5) is 0 Å². The van der Waals surface area contributed by atoms with Crippen LogP contribution >= 0.6 is 0 Å². The van der Waals surface area contributed by atoms with E-state index >= 15 is 0 Å². The van der Waals surface area contributed by atoms with Crippen molar-refractivity contribution in [2.24, 2.45) is 0 Å². The van der Waals surface area contributed by atoms with Crippen molar-refractivity contribution in [1.82, 2.24) is 4.57 Å². The normalized spacial score (nSPS) is 10.7. The number of hydrogen-bond acceptors (Lipinski definition) is 1. The first-order valence-corrected chi connectivity index (χ1v) is 6.43. The summed E-state index contributed by atoms with van der Waals surface area (Å²) >= 11 is 0. The Morgan fingerprint density at radius 1 is 0.947 bits per heavy atom. The van der Waals surface area contributed by atoms with Crippen molar-refractivity contribution in [2.45, 2.75) is 13.0 Å². The number of carbonyl (C=O) groups is 1. The van der Waals surface area contributed by atoms with E-state index in [-0.39, 0.29) is 0 Å². The minimum Gasteiger partial charge on any atom is -0.343 e. The van der Waals surface area contributed by atoms with Crippen LogP contribution in [0.1, 0.15) is 11.1 Å². The zero-order valence-corrected chi connectivity index (χ0v) is 10.6. The monoisotopic (exact) mass is 249 g/mol. The molecule has 0 aliphatic heterocycles. The molecule has 0 unspecified atom stereocenters. The third-order valence-electron chi connectivity index (χ3n) is 3.37. The molecule has 0 fully saturated rings. The molecule has 0 saturated carbocycles. The summed E-state index contributed by atoms with van der Waals surface area (Å²) in [6, 6.07) is 18.6. The van der Waals surface area contributed by atoms with Gasteiger partial charge in [-0.05, 0) is 17.2 Å². The van der Waals surface area contributed by atoms with Crippen LogP contribution in [0.15, 0.2) is 60.8 Å². The molecule has 0 atom stereocenters. The molecule has 0 aliphatic rings. The fraction of sp³-hybridized carbons (Fsp3) is 0.118. The lowest BCUT2D eigenvalue weighted by atomic mass is 10.1. The summed E-state index contributed by atoms with van der Waals surface area (Å²) in [7, 11) is 0. The fourth-order valence-electron chi connectivity index (χ4n) is 2.49. The quantitative estimate of drug-likeness (QED) is 0.649. The highest BCUT2D eigenvalue weighted by Crippen LogP contribution is 2.22. The molecular weight excluding hydrogens is 234 g/mol. The van der Waals surface area contributed by atoms with Gasteiger partial charge in [0.15, 0.2) is 0 Å². The molecule has 94 valence electrons. The van der Waals surface area contributed by atoms with Crippen LogP contribution in [-0.2, 0) is 17.8 Å². The van der Waals surface area contributed by atoms with Crippen molar-refractivity contribution in [3.8, 4) is 0 Å².